The molecule has 110 valence electrons. The third kappa shape index (κ3) is 7.48. The molecule has 0 amide bonds. The summed E-state index contributed by atoms with van der Waals surface area (Å²) in [6.45, 7) is 4.12. The number of aliphatic hydroxyl groups excluding tert-OH is 1. The summed E-state index contributed by atoms with van der Waals surface area (Å²) in [7, 11) is 0. The Morgan fingerprint density at radius 1 is 1.21 bits per heavy atom. The zero-order chi connectivity index (χ0) is 13.8. The SMILES string of the molecule is CCCCCCC/C=C/CCC1N=CCN1CCO. The van der Waals surface area contributed by atoms with E-state index in [1.54, 1.807) is 0 Å². The molecule has 1 atom stereocenters. The molecule has 0 bridgehead atoms. The summed E-state index contributed by atoms with van der Waals surface area (Å²) in [5.74, 6) is 0. The number of allylic oxidation sites excluding steroid dienone is 2. The summed E-state index contributed by atoms with van der Waals surface area (Å²) in [6, 6.07) is 0. The van der Waals surface area contributed by atoms with Crippen molar-refractivity contribution in [3.8, 4) is 0 Å². The van der Waals surface area contributed by atoms with E-state index >= 15 is 0 Å². The maximum Gasteiger partial charge on any atom is 0.102 e. The van der Waals surface area contributed by atoms with Gasteiger partial charge in [0.15, 0.2) is 0 Å². The van der Waals surface area contributed by atoms with Gasteiger partial charge in [0.05, 0.1) is 6.61 Å². The summed E-state index contributed by atoms with van der Waals surface area (Å²) >= 11 is 0. The lowest BCUT2D eigenvalue weighted by Gasteiger charge is -2.21. The number of unbranched alkanes of at least 4 members (excludes halogenated alkanes) is 5. The van der Waals surface area contributed by atoms with Crippen LogP contribution in [0.4, 0.5) is 0 Å². The first-order valence-corrected chi connectivity index (χ1v) is 7.90. The van der Waals surface area contributed by atoms with E-state index in [9.17, 15) is 0 Å². The lowest BCUT2D eigenvalue weighted by Crippen LogP contribution is -2.32. The van der Waals surface area contributed by atoms with Gasteiger partial charge in [0.25, 0.3) is 0 Å². The molecule has 1 unspecified atom stereocenters. The molecule has 0 spiro atoms. The zero-order valence-electron chi connectivity index (χ0n) is 12.4. The molecule has 1 rings (SSSR count). The predicted octanol–water partition coefficient (Wildman–Crippen LogP) is 3.39. The number of hydrogen-bond acceptors (Lipinski definition) is 3. The first-order valence-electron chi connectivity index (χ1n) is 7.90. The smallest absolute Gasteiger partial charge is 0.102 e. The lowest BCUT2D eigenvalue weighted by atomic mass is 10.1. The second-order valence-corrected chi connectivity index (χ2v) is 5.28. The van der Waals surface area contributed by atoms with Gasteiger partial charge in [-0.05, 0) is 25.7 Å². The van der Waals surface area contributed by atoms with Gasteiger partial charge < -0.3 is 5.11 Å². The molecule has 3 nitrogen and oxygen atoms in total. The highest BCUT2D eigenvalue weighted by Crippen LogP contribution is 2.13. The minimum Gasteiger partial charge on any atom is -0.395 e. The molecule has 0 saturated carbocycles. The van der Waals surface area contributed by atoms with Crippen molar-refractivity contribution in [3.05, 3.63) is 12.2 Å². The van der Waals surface area contributed by atoms with Gasteiger partial charge in [-0.1, -0.05) is 44.8 Å². The molecule has 1 heterocycles. The van der Waals surface area contributed by atoms with E-state index in [0.29, 0.717) is 6.17 Å². The fourth-order valence-corrected chi connectivity index (χ4v) is 2.46. The summed E-state index contributed by atoms with van der Waals surface area (Å²) < 4.78 is 0. The standard InChI is InChI=1S/C16H30N2O/c1-2-3-4-5-6-7-8-9-10-11-16-17-12-13-18(16)14-15-19/h8-9,12,16,19H,2-7,10-11,13-15H2,1H3/b9-8+. The maximum atomic E-state index is 8.96. The Bertz CT molecular complexity index is 263. The van der Waals surface area contributed by atoms with Gasteiger partial charge in [-0.3, -0.25) is 9.89 Å². The van der Waals surface area contributed by atoms with Crippen molar-refractivity contribution in [2.45, 2.75) is 64.5 Å². The van der Waals surface area contributed by atoms with Crippen LogP contribution in [0.15, 0.2) is 17.1 Å². The van der Waals surface area contributed by atoms with Crippen LogP contribution in [0.3, 0.4) is 0 Å². The third-order valence-corrected chi connectivity index (χ3v) is 3.63. The number of nitrogens with zero attached hydrogens (tertiary/aromatic N) is 2. The Labute approximate surface area is 118 Å². The summed E-state index contributed by atoms with van der Waals surface area (Å²) in [6.07, 6.45) is 17.1. The van der Waals surface area contributed by atoms with Crippen molar-refractivity contribution >= 4 is 6.21 Å². The van der Waals surface area contributed by atoms with Crippen molar-refractivity contribution in [1.82, 2.24) is 4.90 Å². The number of hydrogen-bond donors (Lipinski definition) is 1. The Morgan fingerprint density at radius 3 is 2.79 bits per heavy atom. The van der Waals surface area contributed by atoms with Gasteiger partial charge in [-0.2, -0.15) is 0 Å². The first-order chi connectivity index (χ1) is 9.38. The van der Waals surface area contributed by atoms with Gasteiger partial charge in [0.2, 0.25) is 0 Å². The Morgan fingerprint density at radius 2 is 2.00 bits per heavy atom. The highest BCUT2D eigenvalue weighted by Gasteiger charge is 2.18. The van der Waals surface area contributed by atoms with Crippen LogP contribution >= 0.6 is 0 Å². The quantitative estimate of drug-likeness (QED) is 0.459. The molecular weight excluding hydrogens is 236 g/mol. The van der Waals surface area contributed by atoms with Crippen LogP contribution in [0.2, 0.25) is 0 Å². The average molecular weight is 266 g/mol. The summed E-state index contributed by atoms with van der Waals surface area (Å²) in [5.41, 5.74) is 0. The molecule has 1 aliphatic rings. The van der Waals surface area contributed by atoms with Crippen molar-refractivity contribution in [2.75, 3.05) is 19.7 Å². The van der Waals surface area contributed by atoms with E-state index in [2.05, 4.69) is 29.0 Å². The molecule has 0 aromatic carbocycles. The van der Waals surface area contributed by atoms with E-state index in [0.717, 1.165) is 25.9 Å². The normalized spacial score (nSPS) is 19.8. The molecule has 0 fully saturated rings. The topological polar surface area (TPSA) is 35.8 Å². The van der Waals surface area contributed by atoms with E-state index < -0.39 is 0 Å². The van der Waals surface area contributed by atoms with Gasteiger partial charge >= 0.3 is 0 Å². The maximum absolute atomic E-state index is 8.96. The van der Waals surface area contributed by atoms with Crippen molar-refractivity contribution < 1.29 is 5.11 Å². The molecule has 3 heteroatoms. The molecule has 1 N–H and O–H groups in total. The van der Waals surface area contributed by atoms with E-state index in [1.807, 2.05) is 6.21 Å². The second kappa shape index (κ2) is 11.2. The number of aliphatic hydroxyl groups is 1. The van der Waals surface area contributed by atoms with Gasteiger partial charge in [0, 0.05) is 19.3 Å². The zero-order valence-corrected chi connectivity index (χ0v) is 12.4. The minimum atomic E-state index is 0.230. The number of aliphatic imine (C=N–C) groups is 1. The second-order valence-electron chi connectivity index (χ2n) is 5.28. The molecule has 19 heavy (non-hydrogen) atoms. The third-order valence-electron chi connectivity index (χ3n) is 3.63. The van der Waals surface area contributed by atoms with E-state index in [4.69, 9.17) is 5.11 Å². The van der Waals surface area contributed by atoms with Crippen LogP contribution in [-0.2, 0) is 0 Å². The minimum absolute atomic E-state index is 0.230. The van der Waals surface area contributed by atoms with Gasteiger partial charge in [-0.25, -0.2) is 0 Å². The summed E-state index contributed by atoms with van der Waals surface area (Å²) in [4.78, 5) is 6.69. The van der Waals surface area contributed by atoms with Crippen molar-refractivity contribution in [2.24, 2.45) is 4.99 Å². The molecule has 0 aliphatic carbocycles. The van der Waals surface area contributed by atoms with Crippen LogP contribution in [0.1, 0.15) is 58.3 Å². The van der Waals surface area contributed by atoms with Gasteiger partial charge in [-0.15, -0.1) is 0 Å². The van der Waals surface area contributed by atoms with Crippen molar-refractivity contribution in [1.29, 1.82) is 0 Å². The molecular formula is C16H30N2O. The van der Waals surface area contributed by atoms with Crippen LogP contribution in [0, 0.1) is 0 Å². The summed E-state index contributed by atoms with van der Waals surface area (Å²) in [5, 5.41) is 8.96. The van der Waals surface area contributed by atoms with Crippen LogP contribution in [0.5, 0.6) is 0 Å². The Kier molecular flexibility index (Phi) is 9.64. The largest absolute Gasteiger partial charge is 0.395 e. The van der Waals surface area contributed by atoms with Crippen LogP contribution in [-0.4, -0.2) is 42.1 Å². The van der Waals surface area contributed by atoms with E-state index in [1.165, 1.54) is 38.5 Å². The Balaban J connectivity index is 1.98. The predicted molar refractivity (Wildman–Crippen MR) is 82.7 cm³/mol. The molecule has 0 aromatic heterocycles. The lowest BCUT2D eigenvalue weighted by molar-refractivity contribution is 0.179. The number of rotatable bonds is 11. The number of β-amino-alcohol motifs (C(OH)–C–C–N with tert-alkyl or cyclic N) is 1. The Hall–Kier alpha value is -0.670. The highest BCUT2D eigenvalue weighted by atomic mass is 16.3. The molecule has 0 radical (unpaired) electrons. The molecule has 0 aromatic rings. The highest BCUT2D eigenvalue weighted by molar-refractivity contribution is 5.62. The van der Waals surface area contributed by atoms with Gasteiger partial charge in [0.1, 0.15) is 6.17 Å². The molecule has 1 aliphatic heterocycles. The van der Waals surface area contributed by atoms with E-state index in [-0.39, 0.29) is 6.61 Å². The molecule has 0 saturated heterocycles. The fourth-order valence-electron chi connectivity index (χ4n) is 2.46. The average Bonchev–Trinajstić information content (AvgIpc) is 2.85. The van der Waals surface area contributed by atoms with Crippen molar-refractivity contribution in [3.63, 3.8) is 0 Å². The first kappa shape index (κ1) is 16.4. The van der Waals surface area contributed by atoms with Crippen LogP contribution < -0.4 is 0 Å². The monoisotopic (exact) mass is 266 g/mol. The fraction of sp³-hybridized carbons (Fsp3) is 0.812. The van der Waals surface area contributed by atoms with Crippen LogP contribution in [0.25, 0.3) is 0 Å².